The number of likely N-dealkylation sites (tertiary alicyclic amines) is 1. The first-order chi connectivity index (χ1) is 10.7. The van der Waals surface area contributed by atoms with Crippen molar-refractivity contribution in [2.45, 2.75) is 18.9 Å². The molecule has 2 aromatic rings. The van der Waals surface area contributed by atoms with Gasteiger partial charge < -0.3 is 14.6 Å². The van der Waals surface area contributed by atoms with Crippen LogP contribution in [0.25, 0.3) is 0 Å². The molecule has 7 heteroatoms. The Kier molecular flexibility index (Phi) is 4.13. The zero-order valence-electron chi connectivity index (χ0n) is 11.9. The Balaban J connectivity index is 1.67. The van der Waals surface area contributed by atoms with Gasteiger partial charge in [-0.3, -0.25) is 9.59 Å². The average Bonchev–Trinajstić information content (AvgIpc) is 2.55. The van der Waals surface area contributed by atoms with Gasteiger partial charge in [0.05, 0.1) is 6.54 Å². The monoisotopic (exact) mass is 300 g/mol. The van der Waals surface area contributed by atoms with Gasteiger partial charge in [-0.05, 0) is 18.9 Å². The number of rotatable bonds is 3. The first-order valence-corrected chi connectivity index (χ1v) is 7.13. The standard InChI is InChI=1S/C15H16N4O3/c20-13-8-11(3-6-17-13)15(21)19-7-1-2-12(9-19)22-14-4-5-16-10-18-14/h3-6,8,10,12H,1-2,7,9H2,(H,17,20). The van der Waals surface area contributed by atoms with Crippen LogP contribution in [-0.4, -0.2) is 45.0 Å². The zero-order valence-corrected chi connectivity index (χ0v) is 11.9. The summed E-state index contributed by atoms with van der Waals surface area (Å²) >= 11 is 0. The minimum atomic E-state index is -0.281. The van der Waals surface area contributed by atoms with E-state index in [1.54, 1.807) is 23.2 Å². The molecular weight excluding hydrogens is 284 g/mol. The van der Waals surface area contributed by atoms with Gasteiger partial charge >= 0.3 is 0 Å². The maximum absolute atomic E-state index is 12.4. The molecule has 1 atom stereocenters. The van der Waals surface area contributed by atoms with Crippen LogP contribution in [0.3, 0.4) is 0 Å². The first kappa shape index (κ1) is 14.2. The van der Waals surface area contributed by atoms with E-state index in [4.69, 9.17) is 4.74 Å². The van der Waals surface area contributed by atoms with Gasteiger partial charge in [-0.25, -0.2) is 9.97 Å². The van der Waals surface area contributed by atoms with Crippen molar-refractivity contribution in [2.24, 2.45) is 0 Å². The minimum absolute atomic E-state index is 0.102. The van der Waals surface area contributed by atoms with Gasteiger partial charge in [0.25, 0.3) is 5.91 Å². The third-order valence-electron chi connectivity index (χ3n) is 3.53. The lowest BCUT2D eigenvalue weighted by atomic mass is 10.1. The molecule has 114 valence electrons. The van der Waals surface area contributed by atoms with E-state index in [1.807, 2.05) is 0 Å². The topological polar surface area (TPSA) is 88.2 Å². The average molecular weight is 300 g/mol. The van der Waals surface area contributed by atoms with Crippen molar-refractivity contribution < 1.29 is 9.53 Å². The molecule has 1 aliphatic heterocycles. The Morgan fingerprint density at radius 1 is 1.41 bits per heavy atom. The Bertz CT molecular complexity index is 701. The second kappa shape index (κ2) is 6.38. The highest BCUT2D eigenvalue weighted by molar-refractivity contribution is 5.94. The smallest absolute Gasteiger partial charge is 0.254 e. The first-order valence-electron chi connectivity index (χ1n) is 7.13. The van der Waals surface area contributed by atoms with Crippen LogP contribution < -0.4 is 10.3 Å². The lowest BCUT2D eigenvalue weighted by Crippen LogP contribution is -2.44. The number of ether oxygens (including phenoxy) is 1. The van der Waals surface area contributed by atoms with E-state index >= 15 is 0 Å². The zero-order chi connectivity index (χ0) is 15.4. The van der Waals surface area contributed by atoms with Crippen molar-refractivity contribution in [2.75, 3.05) is 13.1 Å². The molecule has 3 rings (SSSR count). The quantitative estimate of drug-likeness (QED) is 0.908. The van der Waals surface area contributed by atoms with E-state index in [2.05, 4.69) is 15.0 Å². The molecule has 0 spiro atoms. The summed E-state index contributed by atoms with van der Waals surface area (Å²) in [6.45, 7) is 1.14. The molecule has 1 amide bonds. The number of carbonyl (C=O) groups excluding carboxylic acids is 1. The lowest BCUT2D eigenvalue weighted by Gasteiger charge is -2.32. The van der Waals surface area contributed by atoms with Crippen LogP contribution in [-0.2, 0) is 0 Å². The largest absolute Gasteiger partial charge is 0.472 e. The predicted octanol–water partition coefficient (Wildman–Crippen LogP) is 0.849. The van der Waals surface area contributed by atoms with Crippen molar-refractivity contribution in [1.82, 2.24) is 19.9 Å². The molecule has 1 unspecified atom stereocenters. The van der Waals surface area contributed by atoms with Crippen molar-refractivity contribution in [3.63, 3.8) is 0 Å². The Morgan fingerprint density at radius 3 is 3.09 bits per heavy atom. The van der Waals surface area contributed by atoms with Crippen molar-refractivity contribution in [3.8, 4) is 5.88 Å². The van der Waals surface area contributed by atoms with E-state index in [-0.39, 0.29) is 17.6 Å². The van der Waals surface area contributed by atoms with Crippen LogP contribution in [0.15, 0.2) is 41.7 Å². The molecule has 1 aliphatic rings. The molecule has 7 nitrogen and oxygen atoms in total. The summed E-state index contributed by atoms with van der Waals surface area (Å²) in [4.78, 5) is 35.8. The van der Waals surface area contributed by atoms with Crippen LogP contribution >= 0.6 is 0 Å². The number of nitrogens with one attached hydrogen (secondary N) is 1. The van der Waals surface area contributed by atoms with Crippen LogP contribution in [0.4, 0.5) is 0 Å². The molecule has 0 bridgehead atoms. The Labute approximate surface area is 127 Å². The Hall–Kier alpha value is -2.70. The number of carbonyl (C=O) groups is 1. The van der Waals surface area contributed by atoms with E-state index < -0.39 is 0 Å². The fourth-order valence-corrected chi connectivity index (χ4v) is 2.50. The minimum Gasteiger partial charge on any atom is -0.472 e. The second-order valence-corrected chi connectivity index (χ2v) is 5.12. The number of piperidine rings is 1. The molecule has 1 fully saturated rings. The van der Waals surface area contributed by atoms with E-state index in [0.717, 1.165) is 12.8 Å². The van der Waals surface area contributed by atoms with Crippen molar-refractivity contribution in [3.05, 3.63) is 52.8 Å². The number of H-pyrrole nitrogens is 1. The summed E-state index contributed by atoms with van der Waals surface area (Å²) in [5, 5.41) is 0. The van der Waals surface area contributed by atoms with Gasteiger partial charge in [-0.15, -0.1) is 0 Å². The summed E-state index contributed by atoms with van der Waals surface area (Å²) in [6.07, 6.45) is 6.14. The fraction of sp³-hybridized carbons (Fsp3) is 0.333. The van der Waals surface area contributed by atoms with E-state index in [9.17, 15) is 9.59 Å². The van der Waals surface area contributed by atoms with Gasteiger partial charge in [0.15, 0.2) is 0 Å². The SMILES string of the molecule is O=C(c1cc[nH]c(=O)c1)N1CCCC(Oc2ccncn2)C1. The molecule has 2 aromatic heterocycles. The molecule has 0 aliphatic carbocycles. The van der Waals surface area contributed by atoms with E-state index in [1.165, 1.54) is 18.6 Å². The Morgan fingerprint density at radius 2 is 2.32 bits per heavy atom. The summed E-state index contributed by atoms with van der Waals surface area (Å²) in [5.41, 5.74) is 0.114. The van der Waals surface area contributed by atoms with Gasteiger partial charge in [0.2, 0.25) is 11.4 Å². The number of amides is 1. The third kappa shape index (κ3) is 3.30. The molecule has 1 saturated heterocycles. The summed E-state index contributed by atoms with van der Waals surface area (Å²) in [6, 6.07) is 4.62. The molecular formula is C15H16N4O3. The van der Waals surface area contributed by atoms with E-state index in [0.29, 0.717) is 24.5 Å². The maximum Gasteiger partial charge on any atom is 0.254 e. The molecule has 3 heterocycles. The highest BCUT2D eigenvalue weighted by atomic mass is 16.5. The van der Waals surface area contributed by atoms with Gasteiger partial charge in [0, 0.05) is 36.6 Å². The predicted molar refractivity (Wildman–Crippen MR) is 78.6 cm³/mol. The maximum atomic E-state index is 12.4. The molecule has 1 N–H and O–H groups in total. The normalized spacial score (nSPS) is 18.0. The van der Waals surface area contributed by atoms with Gasteiger partial charge in [-0.1, -0.05) is 0 Å². The fourth-order valence-electron chi connectivity index (χ4n) is 2.50. The van der Waals surface area contributed by atoms with Crippen LogP contribution in [0, 0.1) is 0 Å². The third-order valence-corrected chi connectivity index (χ3v) is 3.53. The number of nitrogens with zero attached hydrogens (tertiary/aromatic N) is 3. The second-order valence-electron chi connectivity index (χ2n) is 5.12. The number of pyridine rings is 1. The van der Waals surface area contributed by atoms with Crippen LogP contribution in [0.5, 0.6) is 5.88 Å². The lowest BCUT2D eigenvalue weighted by molar-refractivity contribution is 0.0527. The molecule has 0 radical (unpaired) electrons. The van der Waals surface area contributed by atoms with Crippen LogP contribution in [0.2, 0.25) is 0 Å². The summed E-state index contributed by atoms with van der Waals surface area (Å²) in [7, 11) is 0. The van der Waals surface area contributed by atoms with Crippen LogP contribution in [0.1, 0.15) is 23.2 Å². The van der Waals surface area contributed by atoms with Gasteiger partial charge in [-0.2, -0.15) is 0 Å². The number of aromatic amines is 1. The number of hydrogen-bond donors (Lipinski definition) is 1. The van der Waals surface area contributed by atoms with Gasteiger partial charge in [0.1, 0.15) is 12.4 Å². The number of hydrogen-bond acceptors (Lipinski definition) is 5. The van der Waals surface area contributed by atoms with Crippen molar-refractivity contribution >= 4 is 5.91 Å². The highest BCUT2D eigenvalue weighted by Crippen LogP contribution is 2.17. The molecule has 0 saturated carbocycles. The molecule has 0 aromatic carbocycles. The van der Waals surface area contributed by atoms with Crippen molar-refractivity contribution in [1.29, 1.82) is 0 Å². The number of aromatic nitrogens is 3. The molecule has 22 heavy (non-hydrogen) atoms. The summed E-state index contributed by atoms with van der Waals surface area (Å²) < 4.78 is 5.78. The summed E-state index contributed by atoms with van der Waals surface area (Å²) in [5.74, 6) is 0.354. The highest BCUT2D eigenvalue weighted by Gasteiger charge is 2.26.